The molecule has 1 aliphatic carbocycles. The number of unbranched alkanes of at least 4 members (excludes halogenated alkanes) is 2. The second kappa shape index (κ2) is 25.8. The second-order valence-electron chi connectivity index (χ2n) is 20.5. The molecule has 1 saturated heterocycles. The Morgan fingerprint density at radius 3 is 2.18 bits per heavy atom. The molecule has 7 unspecified atom stereocenters. The molecule has 3 heterocycles. The zero-order valence-corrected chi connectivity index (χ0v) is 44.5. The minimum atomic E-state index is -5.60. The molecule has 5 rings (SSSR count). The van der Waals surface area contributed by atoms with Crippen molar-refractivity contribution in [3.63, 3.8) is 0 Å². The lowest BCUT2D eigenvalue weighted by atomic mass is 9.81. The summed E-state index contributed by atoms with van der Waals surface area (Å²) in [5, 5.41) is 35.9. The SMILES string of the molecule is CC(C)(CCCCc1ccccc1CCCCC1(CC(=O)O)CC1)CC(=O)CCNC(=O)CCNC(=O)C(O)C(C)(C)COP(=O)(O)OP(=O)(O)OCC1OC(n2cnc3c(N)ncnc32)C(O)C1OP(=O)(O)O. The summed E-state index contributed by atoms with van der Waals surface area (Å²) in [4.78, 5) is 101. The molecule has 414 valence electrons. The number of aryl methyl sites for hydroxylation is 2. The van der Waals surface area contributed by atoms with E-state index in [1.165, 1.54) is 25.0 Å². The fraction of sp³-hybridized carbons (Fsp3) is 0.667. The van der Waals surface area contributed by atoms with Crippen LogP contribution in [0.5, 0.6) is 0 Å². The van der Waals surface area contributed by atoms with Gasteiger partial charge in [-0.05, 0) is 73.3 Å². The Morgan fingerprint density at radius 1 is 0.905 bits per heavy atom. The molecular weight excluding hydrogens is 1040 g/mol. The number of imidazole rings is 1. The van der Waals surface area contributed by atoms with Crippen molar-refractivity contribution in [1.82, 2.24) is 30.2 Å². The summed E-state index contributed by atoms with van der Waals surface area (Å²) in [6.07, 6.45) is 3.36. The fourth-order valence-electron chi connectivity index (χ4n) is 8.78. The van der Waals surface area contributed by atoms with Crippen LogP contribution in [0.4, 0.5) is 5.82 Å². The summed E-state index contributed by atoms with van der Waals surface area (Å²) in [6, 6.07) is 8.43. The number of nitrogens with two attached hydrogens (primary N) is 1. The van der Waals surface area contributed by atoms with Gasteiger partial charge in [-0.2, -0.15) is 4.31 Å². The molecule has 2 fully saturated rings. The number of benzene rings is 1. The van der Waals surface area contributed by atoms with E-state index in [0.29, 0.717) is 6.42 Å². The number of Topliss-reactive ketones (excluding diaryl/α,β-unsaturated/α-hetero) is 1. The molecule has 0 radical (unpaired) electrons. The number of aliphatic hydroxyl groups is 2. The monoisotopic (exact) mass is 1110 g/mol. The molecule has 1 saturated carbocycles. The number of aliphatic carboxylic acids is 1. The fourth-order valence-corrected chi connectivity index (χ4v) is 11.6. The topological polar surface area (TPSA) is 401 Å². The van der Waals surface area contributed by atoms with Gasteiger partial charge in [0, 0.05) is 37.8 Å². The average molecular weight is 1110 g/mol. The molecule has 11 N–H and O–H groups in total. The number of hydrogen-bond acceptors (Lipinski definition) is 18. The quantitative estimate of drug-likeness (QED) is 0.0302. The van der Waals surface area contributed by atoms with Crippen LogP contribution in [-0.4, -0.2) is 129 Å². The van der Waals surface area contributed by atoms with Crippen molar-refractivity contribution in [3.8, 4) is 0 Å². The van der Waals surface area contributed by atoms with Gasteiger partial charge in [-0.15, -0.1) is 0 Å². The van der Waals surface area contributed by atoms with Crippen LogP contribution in [0.3, 0.4) is 0 Å². The minimum Gasteiger partial charge on any atom is -0.481 e. The van der Waals surface area contributed by atoms with E-state index in [0.717, 1.165) is 81.4 Å². The van der Waals surface area contributed by atoms with Crippen molar-refractivity contribution in [3.05, 3.63) is 48.0 Å². The van der Waals surface area contributed by atoms with Gasteiger partial charge in [0.2, 0.25) is 11.8 Å². The number of fused-ring (bicyclic) bond motifs is 1. The molecule has 3 aromatic rings. The van der Waals surface area contributed by atoms with Gasteiger partial charge in [0.15, 0.2) is 17.7 Å². The number of aromatic nitrogens is 4. The highest BCUT2D eigenvalue weighted by atomic mass is 31.3. The highest BCUT2D eigenvalue weighted by Gasteiger charge is 2.50. The van der Waals surface area contributed by atoms with Gasteiger partial charge in [0.05, 0.1) is 26.0 Å². The van der Waals surface area contributed by atoms with Crippen LogP contribution in [0, 0.1) is 16.2 Å². The number of carboxylic acid groups (broad SMARTS) is 1. The summed E-state index contributed by atoms with van der Waals surface area (Å²) in [6.45, 7) is 4.41. The zero-order valence-electron chi connectivity index (χ0n) is 41.8. The van der Waals surface area contributed by atoms with E-state index < -0.39 is 90.5 Å². The van der Waals surface area contributed by atoms with E-state index in [2.05, 4.69) is 52.6 Å². The van der Waals surface area contributed by atoms with Gasteiger partial charge in [-0.3, -0.25) is 37.3 Å². The number of nitrogen functional groups attached to an aromatic ring is 1. The number of amides is 2. The van der Waals surface area contributed by atoms with E-state index >= 15 is 0 Å². The van der Waals surface area contributed by atoms with E-state index in [4.69, 9.17) is 19.5 Å². The Balaban J connectivity index is 0.961. The first-order valence-electron chi connectivity index (χ1n) is 24.2. The first-order chi connectivity index (χ1) is 34.5. The highest BCUT2D eigenvalue weighted by Crippen LogP contribution is 2.61. The molecule has 0 spiro atoms. The molecule has 2 amide bonds. The first kappa shape index (κ1) is 60.8. The third-order valence-corrected chi connectivity index (χ3v) is 16.1. The predicted molar refractivity (Wildman–Crippen MR) is 263 cm³/mol. The number of nitrogens with one attached hydrogen (secondary N) is 2. The van der Waals surface area contributed by atoms with Crippen LogP contribution in [0.15, 0.2) is 36.9 Å². The van der Waals surface area contributed by atoms with Crippen LogP contribution in [0.25, 0.3) is 11.2 Å². The van der Waals surface area contributed by atoms with Gasteiger partial charge >= 0.3 is 29.4 Å². The number of carbonyl (C=O) groups is 4. The molecule has 74 heavy (non-hydrogen) atoms. The number of ketones is 1. The smallest absolute Gasteiger partial charge is 0.481 e. The second-order valence-corrected chi connectivity index (χ2v) is 24.7. The molecule has 7 atom stereocenters. The van der Waals surface area contributed by atoms with Crippen LogP contribution >= 0.6 is 23.5 Å². The third kappa shape index (κ3) is 18.9. The Labute approximate surface area is 428 Å². The summed E-state index contributed by atoms with van der Waals surface area (Å²) < 4.78 is 62.6. The van der Waals surface area contributed by atoms with Crippen LogP contribution in [0.2, 0.25) is 0 Å². The van der Waals surface area contributed by atoms with Crippen LogP contribution < -0.4 is 16.4 Å². The van der Waals surface area contributed by atoms with E-state index in [9.17, 15) is 67.8 Å². The highest BCUT2D eigenvalue weighted by molar-refractivity contribution is 7.61. The maximum Gasteiger partial charge on any atom is 0.481 e. The lowest BCUT2D eigenvalue weighted by Crippen LogP contribution is -2.46. The number of anilines is 1. The van der Waals surface area contributed by atoms with Gasteiger partial charge in [0.25, 0.3) is 0 Å². The number of rotatable bonds is 33. The largest absolute Gasteiger partial charge is 0.481 e. The normalized spacial score (nSPS) is 20.9. The number of carboxylic acids is 1. The maximum atomic E-state index is 12.9. The lowest BCUT2D eigenvalue weighted by molar-refractivity contribution is -0.139. The molecule has 1 aromatic carbocycles. The van der Waals surface area contributed by atoms with E-state index in [1.807, 2.05) is 19.9 Å². The number of phosphoric ester groups is 3. The van der Waals surface area contributed by atoms with Gasteiger partial charge in [0.1, 0.15) is 42.0 Å². The maximum absolute atomic E-state index is 12.9. The molecule has 1 aliphatic heterocycles. The van der Waals surface area contributed by atoms with Crippen LogP contribution in [-0.2, 0) is 68.3 Å². The van der Waals surface area contributed by atoms with Gasteiger partial charge in [-0.25, -0.2) is 28.6 Å². The van der Waals surface area contributed by atoms with Crippen molar-refractivity contribution < 1.29 is 90.4 Å². The Kier molecular flexibility index (Phi) is 21.2. The van der Waals surface area contributed by atoms with Gasteiger partial charge < -0.3 is 56.0 Å². The molecule has 26 nitrogen and oxygen atoms in total. The molecule has 29 heteroatoms. The summed E-state index contributed by atoms with van der Waals surface area (Å²) in [5.74, 6) is -2.23. The zero-order chi connectivity index (χ0) is 54.7. The predicted octanol–water partition coefficient (Wildman–Crippen LogP) is 4.16. The van der Waals surface area contributed by atoms with Gasteiger partial charge in [-0.1, -0.05) is 64.8 Å². The summed E-state index contributed by atoms with van der Waals surface area (Å²) in [7, 11) is -16.5. The van der Waals surface area contributed by atoms with Crippen molar-refractivity contribution in [2.24, 2.45) is 16.2 Å². The average Bonchev–Trinajstić information content (AvgIpc) is 3.80. The summed E-state index contributed by atoms with van der Waals surface area (Å²) >= 11 is 0. The number of nitrogens with zero attached hydrogens (tertiary/aromatic N) is 4. The number of phosphoric acid groups is 3. The molecule has 2 aromatic heterocycles. The van der Waals surface area contributed by atoms with E-state index in [-0.39, 0.29) is 65.9 Å². The Morgan fingerprint density at radius 2 is 1.54 bits per heavy atom. The lowest BCUT2D eigenvalue weighted by Gasteiger charge is -2.30. The number of ether oxygens (including phenoxy) is 1. The Bertz CT molecular complexity index is 2570. The number of hydrogen-bond donors (Lipinski definition) is 10. The minimum absolute atomic E-state index is 0.00808. The van der Waals surface area contributed by atoms with E-state index in [1.54, 1.807) is 0 Å². The number of aliphatic hydroxyl groups excluding tert-OH is 2. The van der Waals surface area contributed by atoms with Crippen LogP contribution in [0.1, 0.15) is 122 Å². The summed E-state index contributed by atoms with van der Waals surface area (Å²) in [5.41, 5.74) is 6.67. The Hall–Kier alpha value is -4.10. The third-order valence-electron chi connectivity index (χ3n) is 13.0. The standard InChI is InChI=1S/C45H70N7O19P3/c1-43(2,17-9-7-13-29-11-5-6-12-30(29)14-8-10-18-45(19-20-45)24-34(55)56)23-31(53)15-21-47-33(54)16-22-48-41(59)38(58)44(3,4)26-68-74(65,66)71-73(63,64)67-25-32-37(70-72(60,61)62)36(57)42(69-32)52-28-51-35-39(46)49-27-50-40(35)52/h5-6,11-12,27-28,32,36-38,42,57-58H,7-10,13-26H2,1-4H3,(H,47,54)(H,48,59)(H,55,56)(H,63,64)(H,65,66)(H2,46,49,50)(H2,60,61,62). The molecular formula is C45H70N7O19P3. The number of carbonyl (C=O) groups excluding carboxylic acids is 3. The molecule has 2 aliphatic rings. The molecule has 0 bridgehead atoms. The van der Waals surface area contributed by atoms with Crippen molar-refractivity contribution in [2.45, 2.75) is 148 Å². The van der Waals surface area contributed by atoms with Crippen molar-refractivity contribution in [1.29, 1.82) is 0 Å². The van der Waals surface area contributed by atoms with Crippen molar-refractivity contribution in [2.75, 3.05) is 32.0 Å². The van der Waals surface area contributed by atoms with Crippen molar-refractivity contribution >= 4 is 64.0 Å². The first-order valence-corrected chi connectivity index (χ1v) is 28.7.